The molecule has 2 nitrogen and oxygen atoms in total. The van der Waals surface area contributed by atoms with Crippen LogP contribution < -0.4 is 0 Å². The molecule has 5 heteroatoms. The Morgan fingerprint density at radius 1 is 1.22 bits per heavy atom. The first-order chi connectivity index (χ1) is 8.12. The van der Waals surface area contributed by atoms with Gasteiger partial charge in [-0.2, -0.15) is 0 Å². The fourth-order valence-electron chi connectivity index (χ4n) is 1.87. The predicted molar refractivity (Wildman–Crippen MR) is 60.9 cm³/mol. The van der Waals surface area contributed by atoms with E-state index in [-0.39, 0.29) is 12.0 Å². The van der Waals surface area contributed by atoms with Crippen molar-refractivity contribution in [2.45, 2.75) is 32.6 Å². The summed E-state index contributed by atoms with van der Waals surface area (Å²) >= 11 is 0. The molecule has 0 radical (unpaired) electrons. The molecule has 18 heavy (non-hydrogen) atoms. The van der Waals surface area contributed by atoms with Gasteiger partial charge in [-0.25, -0.2) is 13.2 Å². The maximum Gasteiger partial charge on any atom is 0.303 e. The fourth-order valence-corrected chi connectivity index (χ4v) is 1.87. The van der Waals surface area contributed by atoms with Crippen LogP contribution >= 0.6 is 0 Å². The van der Waals surface area contributed by atoms with Crippen molar-refractivity contribution in [2.24, 2.45) is 5.41 Å². The second-order valence-electron chi connectivity index (χ2n) is 5.12. The van der Waals surface area contributed by atoms with Gasteiger partial charge >= 0.3 is 5.97 Å². The van der Waals surface area contributed by atoms with Gasteiger partial charge in [0.15, 0.2) is 0 Å². The first-order valence-corrected chi connectivity index (χ1v) is 5.48. The van der Waals surface area contributed by atoms with Crippen LogP contribution in [0.1, 0.15) is 32.3 Å². The van der Waals surface area contributed by atoms with Crippen LogP contribution in [-0.4, -0.2) is 11.1 Å². The van der Waals surface area contributed by atoms with Gasteiger partial charge in [0.1, 0.15) is 5.82 Å². The Labute approximate surface area is 103 Å². The number of rotatable bonds is 5. The number of carboxylic acids is 1. The summed E-state index contributed by atoms with van der Waals surface area (Å²) in [5, 5.41) is 8.66. The zero-order chi connectivity index (χ0) is 14.0. The Kier molecular flexibility index (Phi) is 4.04. The first kappa shape index (κ1) is 14.5. The smallest absolute Gasteiger partial charge is 0.303 e. The summed E-state index contributed by atoms with van der Waals surface area (Å²) in [6, 6.07) is 3.97. The third-order valence-electron chi connectivity index (χ3n) is 2.60. The average molecular weight is 260 g/mol. The maximum absolute atomic E-state index is 13.9. The molecular formula is C13H15F3O2. The summed E-state index contributed by atoms with van der Waals surface area (Å²) in [6.45, 7) is 2.94. The number of benzene rings is 1. The summed E-state index contributed by atoms with van der Waals surface area (Å²) in [5.41, 5.74) is -1.34. The average Bonchev–Trinajstić information content (AvgIpc) is 2.13. The van der Waals surface area contributed by atoms with Crippen LogP contribution in [0, 0.1) is 11.2 Å². The molecule has 0 saturated carbocycles. The summed E-state index contributed by atoms with van der Waals surface area (Å²) in [4.78, 5) is 10.6. The summed E-state index contributed by atoms with van der Waals surface area (Å²) in [7, 11) is 0. The van der Waals surface area contributed by atoms with Gasteiger partial charge in [-0.05, 0) is 17.5 Å². The van der Waals surface area contributed by atoms with Crippen LogP contribution in [0.5, 0.6) is 0 Å². The van der Waals surface area contributed by atoms with Gasteiger partial charge in [-0.1, -0.05) is 26.0 Å². The third kappa shape index (κ3) is 4.05. The van der Waals surface area contributed by atoms with Crippen LogP contribution in [0.4, 0.5) is 13.2 Å². The number of carboxylic acid groups (broad SMARTS) is 1. The van der Waals surface area contributed by atoms with E-state index in [1.807, 2.05) is 0 Å². The van der Waals surface area contributed by atoms with Crippen molar-refractivity contribution < 1.29 is 23.1 Å². The van der Waals surface area contributed by atoms with Crippen molar-refractivity contribution in [2.75, 3.05) is 0 Å². The Morgan fingerprint density at radius 2 is 1.72 bits per heavy atom. The molecule has 1 aromatic rings. The summed E-state index contributed by atoms with van der Waals surface area (Å²) in [5.74, 6) is -4.87. The summed E-state index contributed by atoms with van der Waals surface area (Å²) < 4.78 is 40.5. The molecule has 0 unspecified atom stereocenters. The van der Waals surface area contributed by atoms with Crippen molar-refractivity contribution in [3.05, 3.63) is 35.6 Å². The molecule has 0 bridgehead atoms. The van der Waals surface area contributed by atoms with E-state index in [4.69, 9.17) is 5.11 Å². The van der Waals surface area contributed by atoms with Gasteiger partial charge in [0.05, 0.1) is 6.42 Å². The predicted octanol–water partition coefficient (Wildman–Crippen LogP) is 3.81. The van der Waals surface area contributed by atoms with E-state index in [9.17, 15) is 18.0 Å². The number of carbonyl (C=O) groups is 1. The molecule has 0 aliphatic carbocycles. The van der Waals surface area contributed by atoms with E-state index in [0.717, 1.165) is 24.3 Å². The molecule has 0 aromatic heterocycles. The Balaban J connectivity index is 2.87. The second-order valence-corrected chi connectivity index (χ2v) is 5.12. The topological polar surface area (TPSA) is 37.3 Å². The molecule has 1 N–H and O–H groups in total. The lowest BCUT2D eigenvalue weighted by Crippen LogP contribution is -2.26. The molecule has 0 aliphatic heterocycles. The molecular weight excluding hydrogens is 245 g/mol. The maximum atomic E-state index is 13.9. The van der Waals surface area contributed by atoms with Crippen LogP contribution in [0.3, 0.4) is 0 Å². The van der Waals surface area contributed by atoms with Crippen molar-refractivity contribution in [3.63, 3.8) is 0 Å². The number of aliphatic carboxylic acids is 1. The van der Waals surface area contributed by atoms with Crippen LogP contribution in [-0.2, 0) is 10.7 Å². The van der Waals surface area contributed by atoms with Crippen LogP contribution in [0.2, 0.25) is 0 Å². The zero-order valence-corrected chi connectivity index (χ0v) is 10.2. The second kappa shape index (κ2) is 5.00. The first-order valence-electron chi connectivity index (χ1n) is 5.48. The molecule has 1 rings (SSSR count). The van der Waals surface area contributed by atoms with E-state index in [1.165, 1.54) is 13.8 Å². The lowest BCUT2D eigenvalue weighted by molar-refractivity contribution is -0.140. The zero-order valence-electron chi connectivity index (χ0n) is 10.2. The molecule has 0 spiro atoms. The quantitative estimate of drug-likeness (QED) is 0.874. The lowest BCUT2D eigenvalue weighted by Gasteiger charge is -2.28. The van der Waals surface area contributed by atoms with Gasteiger partial charge in [-0.15, -0.1) is 0 Å². The molecule has 0 aliphatic rings. The van der Waals surface area contributed by atoms with Crippen molar-refractivity contribution in [1.82, 2.24) is 0 Å². The summed E-state index contributed by atoms with van der Waals surface area (Å²) in [6.07, 6.45) is -0.943. The van der Waals surface area contributed by atoms with E-state index in [0.29, 0.717) is 0 Å². The molecule has 0 atom stereocenters. The van der Waals surface area contributed by atoms with E-state index < -0.39 is 29.5 Å². The van der Waals surface area contributed by atoms with Gasteiger partial charge in [0, 0.05) is 12.0 Å². The molecule has 100 valence electrons. The lowest BCUT2D eigenvalue weighted by atomic mass is 9.81. The highest BCUT2D eigenvalue weighted by atomic mass is 19.3. The molecule has 0 amide bonds. The third-order valence-corrected chi connectivity index (χ3v) is 2.60. The van der Waals surface area contributed by atoms with E-state index >= 15 is 0 Å². The minimum Gasteiger partial charge on any atom is -0.481 e. The van der Waals surface area contributed by atoms with Gasteiger partial charge in [-0.3, -0.25) is 4.79 Å². The van der Waals surface area contributed by atoms with Crippen molar-refractivity contribution in [1.29, 1.82) is 0 Å². The molecule has 0 fully saturated rings. The van der Waals surface area contributed by atoms with E-state index in [1.54, 1.807) is 0 Å². The number of halogens is 3. The van der Waals surface area contributed by atoms with Gasteiger partial charge < -0.3 is 5.11 Å². The Bertz CT molecular complexity index is 424. The monoisotopic (exact) mass is 260 g/mol. The van der Waals surface area contributed by atoms with Gasteiger partial charge in [0.2, 0.25) is 0 Å². The number of hydrogen-bond acceptors (Lipinski definition) is 1. The fraction of sp³-hybridized carbons (Fsp3) is 0.462. The highest BCUT2D eigenvalue weighted by Crippen LogP contribution is 2.41. The normalized spacial score (nSPS) is 12.5. The van der Waals surface area contributed by atoms with Gasteiger partial charge in [0.25, 0.3) is 5.92 Å². The molecule has 0 heterocycles. The molecule has 1 aromatic carbocycles. The largest absolute Gasteiger partial charge is 0.481 e. The molecule has 0 saturated heterocycles. The highest BCUT2D eigenvalue weighted by Gasteiger charge is 2.39. The van der Waals surface area contributed by atoms with Crippen LogP contribution in [0.15, 0.2) is 24.3 Å². The Morgan fingerprint density at radius 3 is 2.17 bits per heavy atom. The van der Waals surface area contributed by atoms with Crippen molar-refractivity contribution in [3.8, 4) is 0 Å². The van der Waals surface area contributed by atoms with E-state index in [2.05, 4.69) is 0 Å². The number of hydrogen-bond donors (Lipinski definition) is 1. The van der Waals surface area contributed by atoms with Crippen molar-refractivity contribution >= 4 is 5.97 Å². The van der Waals surface area contributed by atoms with Crippen LogP contribution in [0.25, 0.3) is 0 Å². The highest BCUT2D eigenvalue weighted by molar-refractivity contribution is 5.67. The minimum absolute atomic E-state index is 0.303. The standard InChI is InChI=1S/C13H15F3O2/c1-12(2,7-11(17)18)8-13(15,16)9-3-5-10(14)6-4-9/h3-6H,7-8H2,1-2H3,(H,17,18). The minimum atomic E-state index is -3.17. The number of alkyl halides is 2. The SMILES string of the molecule is CC(C)(CC(=O)O)CC(F)(F)c1ccc(F)cc1. The Hall–Kier alpha value is -1.52.